The second-order valence-corrected chi connectivity index (χ2v) is 2.94. The van der Waals surface area contributed by atoms with Crippen molar-refractivity contribution in [1.29, 1.82) is 0 Å². The Morgan fingerprint density at radius 1 is 1.46 bits per heavy atom. The number of carbonyl (C=O) groups excluding carboxylic acids is 1. The summed E-state index contributed by atoms with van der Waals surface area (Å²) >= 11 is 0. The average Bonchev–Trinajstić information content (AvgIpc) is 2.08. The summed E-state index contributed by atoms with van der Waals surface area (Å²) < 4.78 is 0. The van der Waals surface area contributed by atoms with Crippen molar-refractivity contribution < 1.29 is 4.79 Å². The van der Waals surface area contributed by atoms with Crippen molar-refractivity contribution in [3.8, 4) is 0 Å². The normalized spacial score (nSPS) is 10.5. The fourth-order valence-corrected chi connectivity index (χ4v) is 1.14. The lowest BCUT2D eigenvalue weighted by molar-refractivity contribution is -0.113. The highest BCUT2D eigenvalue weighted by atomic mass is 16.1. The van der Waals surface area contributed by atoms with Crippen molar-refractivity contribution in [1.82, 2.24) is 0 Å². The molecule has 0 aliphatic carbocycles. The molecule has 2 nitrogen and oxygen atoms in total. The molecule has 0 spiro atoms. The van der Waals surface area contributed by atoms with E-state index in [1.165, 1.54) is 17.2 Å². The summed E-state index contributed by atoms with van der Waals surface area (Å²) in [5.41, 5.74) is 7.42. The Hall–Kier alpha value is -1.57. The van der Waals surface area contributed by atoms with Gasteiger partial charge in [-0.2, -0.15) is 0 Å². The van der Waals surface area contributed by atoms with E-state index in [-0.39, 0.29) is 0 Å². The van der Waals surface area contributed by atoms with Crippen LogP contribution in [0.2, 0.25) is 0 Å². The van der Waals surface area contributed by atoms with Gasteiger partial charge in [0.15, 0.2) is 0 Å². The van der Waals surface area contributed by atoms with Crippen molar-refractivity contribution in [2.24, 2.45) is 5.73 Å². The van der Waals surface area contributed by atoms with Gasteiger partial charge in [0.05, 0.1) is 0 Å². The monoisotopic (exact) mass is 175 g/mol. The van der Waals surface area contributed by atoms with Crippen LogP contribution in [0.15, 0.2) is 36.4 Å². The third kappa shape index (κ3) is 3.11. The van der Waals surface area contributed by atoms with Crippen LogP contribution in [0.1, 0.15) is 11.1 Å². The number of aryl methyl sites for hydroxylation is 1. The SMILES string of the molecule is Cc1ccccc1C/C=C/C(N)=O. The van der Waals surface area contributed by atoms with E-state index in [2.05, 4.69) is 0 Å². The summed E-state index contributed by atoms with van der Waals surface area (Å²) in [7, 11) is 0. The third-order valence-electron chi connectivity index (χ3n) is 1.88. The smallest absolute Gasteiger partial charge is 0.241 e. The lowest BCUT2D eigenvalue weighted by Gasteiger charge is -2.00. The van der Waals surface area contributed by atoms with Crippen molar-refractivity contribution in [2.45, 2.75) is 13.3 Å². The predicted molar refractivity (Wildman–Crippen MR) is 53.2 cm³/mol. The summed E-state index contributed by atoms with van der Waals surface area (Å²) in [6.07, 6.45) is 3.94. The number of benzene rings is 1. The van der Waals surface area contributed by atoms with Gasteiger partial charge in [0.2, 0.25) is 5.91 Å². The highest BCUT2D eigenvalue weighted by Gasteiger charge is 1.93. The zero-order valence-electron chi connectivity index (χ0n) is 7.66. The molecule has 13 heavy (non-hydrogen) atoms. The van der Waals surface area contributed by atoms with Gasteiger partial charge in [-0.05, 0) is 30.5 Å². The fraction of sp³-hybridized carbons (Fsp3) is 0.182. The standard InChI is InChI=1S/C11H13NO/c1-9-5-2-3-6-10(9)7-4-8-11(12)13/h2-6,8H,7H2,1H3,(H2,12,13)/b8-4+. The number of hydrogen-bond donors (Lipinski definition) is 1. The van der Waals surface area contributed by atoms with Crippen molar-refractivity contribution in [3.05, 3.63) is 47.5 Å². The molecule has 1 aromatic carbocycles. The van der Waals surface area contributed by atoms with Crippen LogP contribution in [-0.4, -0.2) is 5.91 Å². The van der Waals surface area contributed by atoms with Crippen LogP contribution in [0, 0.1) is 6.92 Å². The zero-order chi connectivity index (χ0) is 9.68. The highest BCUT2D eigenvalue weighted by Crippen LogP contribution is 2.07. The predicted octanol–water partition coefficient (Wildman–Crippen LogP) is 1.58. The molecule has 1 aromatic rings. The first-order valence-electron chi connectivity index (χ1n) is 4.20. The average molecular weight is 175 g/mol. The van der Waals surface area contributed by atoms with Crippen molar-refractivity contribution in [3.63, 3.8) is 0 Å². The summed E-state index contributed by atoms with van der Waals surface area (Å²) in [6, 6.07) is 8.07. The van der Waals surface area contributed by atoms with Crippen LogP contribution < -0.4 is 5.73 Å². The lowest BCUT2D eigenvalue weighted by atomic mass is 10.1. The summed E-state index contributed by atoms with van der Waals surface area (Å²) in [5, 5.41) is 0. The summed E-state index contributed by atoms with van der Waals surface area (Å²) in [6.45, 7) is 2.05. The van der Waals surface area contributed by atoms with E-state index < -0.39 is 5.91 Å². The summed E-state index contributed by atoms with van der Waals surface area (Å²) in [5.74, 6) is -0.395. The first kappa shape index (κ1) is 9.52. The molecular formula is C11H13NO. The Morgan fingerprint density at radius 3 is 2.77 bits per heavy atom. The van der Waals surface area contributed by atoms with Gasteiger partial charge >= 0.3 is 0 Å². The van der Waals surface area contributed by atoms with Crippen LogP contribution >= 0.6 is 0 Å². The van der Waals surface area contributed by atoms with Crippen LogP contribution in [0.3, 0.4) is 0 Å². The van der Waals surface area contributed by atoms with E-state index in [4.69, 9.17) is 5.73 Å². The molecule has 0 unspecified atom stereocenters. The third-order valence-corrected chi connectivity index (χ3v) is 1.88. The van der Waals surface area contributed by atoms with E-state index in [0.29, 0.717) is 0 Å². The molecule has 0 radical (unpaired) electrons. The minimum absolute atomic E-state index is 0.395. The molecule has 68 valence electrons. The highest BCUT2D eigenvalue weighted by molar-refractivity contribution is 5.85. The molecule has 2 heteroatoms. The molecule has 0 saturated carbocycles. The molecule has 0 aliphatic heterocycles. The van der Waals surface area contributed by atoms with E-state index in [1.807, 2.05) is 31.2 Å². The van der Waals surface area contributed by atoms with Gasteiger partial charge in [0, 0.05) is 0 Å². The number of rotatable bonds is 3. The van der Waals surface area contributed by atoms with Crippen LogP contribution in [0.5, 0.6) is 0 Å². The van der Waals surface area contributed by atoms with Gasteiger partial charge < -0.3 is 5.73 Å². The second-order valence-electron chi connectivity index (χ2n) is 2.94. The first-order valence-corrected chi connectivity index (χ1v) is 4.20. The molecule has 1 amide bonds. The maximum absolute atomic E-state index is 10.4. The molecule has 0 bridgehead atoms. The minimum atomic E-state index is -0.395. The molecule has 1 rings (SSSR count). The van der Waals surface area contributed by atoms with Gasteiger partial charge in [0.25, 0.3) is 0 Å². The Balaban J connectivity index is 2.64. The number of amides is 1. The van der Waals surface area contributed by atoms with E-state index in [0.717, 1.165) is 6.42 Å². The molecule has 0 saturated heterocycles. The quantitative estimate of drug-likeness (QED) is 0.696. The van der Waals surface area contributed by atoms with Gasteiger partial charge in [0.1, 0.15) is 0 Å². The molecule has 0 aliphatic rings. The fourth-order valence-electron chi connectivity index (χ4n) is 1.14. The molecule has 0 heterocycles. The topological polar surface area (TPSA) is 43.1 Å². The lowest BCUT2D eigenvalue weighted by Crippen LogP contribution is -2.05. The van der Waals surface area contributed by atoms with Crippen molar-refractivity contribution in [2.75, 3.05) is 0 Å². The maximum Gasteiger partial charge on any atom is 0.241 e. The van der Waals surface area contributed by atoms with Crippen LogP contribution in [0.25, 0.3) is 0 Å². The molecule has 0 aromatic heterocycles. The Kier molecular flexibility index (Phi) is 3.26. The Morgan fingerprint density at radius 2 is 2.15 bits per heavy atom. The molecule has 0 atom stereocenters. The van der Waals surface area contributed by atoms with Crippen LogP contribution in [-0.2, 0) is 11.2 Å². The van der Waals surface area contributed by atoms with Gasteiger partial charge in [-0.25, -0.2) is 0 Å². The minimum Gasteiger partial charge on any atom is -0.366 e. The van der Waals surface area contributed by atoms with E-state index in [9.17, 15) is 4.79 Å². The number of allylic oxidation sites excluding steroid dienone is 1. The summed E-state index contributed by atoms with van der Waals surface area (Å²) in [4.78, 5) is 10.4. The van der Waals surface area contributed by atoms with Gasteiger partial charge in [-0.3, -0.25) is 4.79 Å². The number of primary amides is 1. The molecule has 2 N–H and O–H groups in total. The number of carbonyl (C=O) groups is 1. The zero-order valence-corrected chi connectivity index (χ0v) is 7.66. The van der Waals surface area contributed by atoms with Crippen LogP contribution in [0.4, 0.5) is 0 Å². The number of nitrogens with two attached hydrogens (primary N) is 1. The molecule has 0 fully saturated rings. The Labute approximate surface area is 78.1 Å². The molecular weight excluding hydrogens is 162 g/mol. The van der Waals surface area contributed by atoms with Crippen molar-refractivity contribution >= 4 is 5.91 Å². The van der Waals surface area contributed by atoms with E-state index >= 15 is 0 Å². The first-order chi connectivity index (χ1) is 6.20. The number of hydrogen-bond acceptors (Lipinski definition) is 1. The van der Waals surface area contributed by atoms with E-state index in [1.54, 1.807) is 6.08 Å². The second kappa shape index (κ2) is 4.45. The largest absolute Gasteiger partial charge is 0.366 e. The van der Waals surface area contributed by atoms with Gasteiger partial charge in [-0.15, -0.1) is 0 Å². The van der Waals surface area contributed by atoms with Gasteiger partial charge in [-0.1, -0.05) is 30.3 Å². The Bertz CT molecular complexity index is 329. The maximum atomic E-state index is 10.4.